The molecule has 0 spiro atoms. The zero-order valence-corrected chi connectivity index (χ0v) is 15.7. The minimum absolute atomic E-state index is 0.121. The van der Waals surface area contributed by atoms with Crippen LogP contribution in [0.15, 0.2) is 35.5 Å². The fourth-order valence-electron chi connectivity index (χ4n) is 4.05. The Kier molecular flexibility index (Phi) is 4.22. The van der Waals surface area contributed by atoms with Gasteiger partial charge in [0.15, 0.2) is 0 Å². The summed E-state index contributed by atoms with van der Waals surface area (Å²) in [5.74, 6) is 2.08. The maximum Gasteiger partial charge on any atom is 0.129 e. The van der Waals surface area contributed by atoms with Gasteiger partial charge in [-0.15, -0.1) is 4.91 Å². The Morgan fingerprint density at radius 2 is 2.08 bits per heavy atom. The molecule has 0 saturated carbocycles. The smallest absolute Gasteiger partial charge is 0.129 e. The van der Waals surface area contributed by atoms with E-state index in [2.05, 4.69) is 44.1 Å². The van der Waals surface area contributed by atoms with Crippen LogP contribution in [-0.2, 0) is 19.3 Å². The number of nitrogens with zero attached hydrogens (tertiary/aromatic N) is 1. The molecule has 2 heterocycles. The molecule has 0 bridgehead atoms. The molecular weight excluding hydrogens is 326 g/mol. The number of benzene rings is 2. The number of ether oxygens (including phenoxy) is 2. The second-order valence-corrected chi connectivity index (χ2v) is 7.94. The number of aryl methyl sites for hydroxylation is 1. The van der Waals surface area contributed by atoms with Crippen molar-refractivity contribution in [3.63, 3.8) is 0 Å². The molecule has 4 rings (SSSR count). The molecule has 1 atom stereocenters. The number of nitroso groups, excluding NO2 is 1. The van der Waals surface area contributed by atoms with E-state index in [0.29, 0.717) is 12.3 Å². The van der Waals surface area contributed by atoms with Crippen molar-refractivity contribution in [3.05, 3.63) is 57.5 Å². The molecule has 0 fully saturated rings. The third kappa shape index (κ3) is 2.98. The highest BCUT2D eigenvalue weighted by Gasteiger charge is 2.32. The van der Waals surface area contributed by atoms with Gasteiger partial charge in [-0.2, -0.15) is 0 Å². The molecule has 4 nitrogen and oxygen atoms in total. The Bertz CT molecular complexity index is 857. The SMILES string of the molecule is CCc1ccc(C2COc3c(ccc4c3CCC(C)(C)O4)C2)c(N=O)c1. The van der Waals surface area contributed by atoms with E-state index in [-0.39, 0.29) is 11.5 Å². The van der Waals surface area contributed by atoms with Crippen LogP contribution in [0.25, 0.3) is 0 Å². The van der Waals surface area contributed by atoms with E-state index in [9.17, 15) is 4.91 Å². The van der Waals surface area contributed by atoms with Crippen LogP contribution in [-0.4, -0.2) is 12.2 Å². The van der Waals surface area contributed by atoms with E-state index >= 15 is 0 Å². The summed E-state index contributed by atoms with van der Waals surface area (Å²) in [5.41, 5.74) is 4.93. The van der Waals surface area contributed by atoms with E-state index in [1.807, 2.05) is 12.1 Å². The first-order valence-corrected chi connectivity index (χ1v) is 9.43. The predicted molar refractivity (Wildman–Crippen MR) is 103 cm³/mol. The molecule has 0 amide bonds. The topological polar surface area (TPSA) is 47.9 Å². The van der Waals surface area contributed by atoms with E-state index in [4.69, 9.17) is 9.47 Å². The highest BCUT2D eigenvalue weighted by Crippen LogP contribution is 2.44. The quantitative estimate of drug-likeness (QED) is 0.689. The van der Waals surface area contributed by atoms with Crippen LogP contribution in [0.2, 0.25) is 0 Å². The van der Waals surface area contributed by atoms with Crippen molar-refractivity contribution in [1.82, 2.24) is 0 Å². The molecule has 2 aromatic rings. The van der Waals surface area contributed by atoms with Gasteiger partial charge in [-0.25, -0.2) is 0 Å². The van der Waals surface area contributed by atoms with Crippen LogP contribution < -0.4 is 9.47 Å². The molecule has 0 N–H and O–H groups in total. The second-order valence-electron chi connectivity index (χ2n) is 7.94. The van der Waals surface area contributed by atoms with Crippen LogP contribution in [0.3, 0.4) is 0 Å². The largest absolute Gasteiger partial charge is 0.492 e. The van der Waals surface area contributed by atoms with E-state index in [1.54, 1.807) is 0 Å². The van der Waals surface area contributed by atoms with Gasteiger partial charge in [-0.1, -0.05) is 25.1 Å². The molecule has 2 aromatic carbocycles. The van der Waals surface area contributed by atoms with Crippen molar-refractivity contribution in [1.29, 1.82) is 0 Å². The van der Waals surface area contributed by atoms with Crippen LogP contribution in [0.5, 0.6) is 11.5 Å². The average molecular weight is 351 g/mol. The van der Waals surface area contributed by atoms with Gasteiger partial charge in [0, 0.05) is 11.5 Å². The second kappa shape index (κ2) is 6.42. The van der Waals surface area contributed by atoms with E-state index in [0.717, 1.165) is 48.3 Å². The summed E-state index contributed by atoms with van der Waals surface area (Å²) in [6.07, 6.45) is 3.72. The number of fused-ring (bicyclic) bond motifs is 3. The zero-order chi connectivity index (χ0) is 18.3. The first-order chi connectivity index (χ1) is 12.5. The van der Waals surface area contributed by atoms with E-state index in [1.165, 1.54) is 11.1 Å². The molecule has 136 valence electrons. The van der Waals surface area contributed by atoms with Crippen molar-refractivity contribution in [2.45, 2.75) is 58.0 Å². The molecule has 0 radical (unpaired) electrons. The fourth-order valence-corrected chi connectivity index (χ4v) is 4.05. The van der Waals surface area contributed by atoms with Crippen LogP contribution in [0, 0.1) is 4.91 Å². The van der Waals surface area contributed by atoms with Gasteiger partial charge < -0.3 is 9.47 Å². The number of hydrogen-bond donors (Lipinski definition) is 0. The van der Waals surface area contributed by atoms with Crippen molar-refractivity contribution in [3.8, 4) is 11.5 Å². The van der Waals surface area contributed by atoms with Gasteiger partial charge in [-0.3, -0.25) is 0 Å². The molecule has 0 aromatic heterocycles. The lowest BCUT2D eigenvalue weighted by Crippen LogP contribution is -2.33. The fraction of sp³-hybridized carbons (Fsp3) is 0.455. The lowest BCUT2D eigenvalue weighted by molar-refractivity contribution is 0.0827. The van der Waals surface area contributed by atoms with Gasteiger partial charge >= 0.3 is 0 Å². The lowest BCUT2D eigenvalue weighted by atomic mass is 9.85. The zero-order valence-electron chi connectivity index (χ0n) is 15.7. The summed E-state index contributed by atoms with van der Waals surface area (Å²) < 4.78 is 12.3. The van der Waals surface area contributed by atoms with Gasteiger partial charge in [0.2, 0.25) is 0 Å². The third-order valence-electron chi connectivity index (χ3n) is 5.60. The molecule has 0 saturated heterocycles. The van der Waals surface area contributed by atoms with Gasteiger partial charge in [0.1, 0.15) is 22.8 Å². The number of hydrogen-bond acceptors (Lipinski definition) is 4. The van der Waals surface area contributed by atoms with Crippen molar-refractivity contribution in [2.24, 2.45) is 5.18 Å². The molecule has 1 unspecified atom stereocenters. The summed E-state index contributed by atoms with van der Waals surface area (Å²) in [6, 6.07) is 10.2. The van der Waals surface area contributed by atoms with Crippen LogP contribution in [0.4, 0.5) is 5.69 Å². The highest BCUT2D eigenvalue weighted by atomic mass is 16.5. The predicted octanol–water partition coefficient (Wildman–Crippen LogP) is 5.47. The first-order valence-electron chi connectivity index (χ1n) is 9.43. The summed E-state index contributed by atoms with van der Waals surface area (Å²) in [6.45, 7) is 6.90. The standard InChI is InChI=1S/C22H25NO3/c1-4-14-5-7-17(19(11-14)23-24)16-12-15-6-8-20-18(21(15)25-13-16)9-10-22(2,3)26-20/h5-8,11,16H,4,9-10,12-13H2,1-3H3. The molecule has 4 heteroatoms. The van der Waals surface area contributed by atoms with Crippen molar-refractivity contribution < 1.29 is 9.47 Å². The Hall–Kier alpha value is -2.36. The molecular formula is C22H25NO3. The summed E-state index contributed by atoms with van der Waals surface area (Å²) in [7, 11) is 0. The normalized spacial score (nSPS) is 20.3. The maximum atomic E-state index is 11.3. The van der Waals surface area contributed by atoms with Gasteiger partial charge in [0.25, 0.3) is 0 Å². The summed E-state index contributed by atoms with van der Waals surface area (Å²) >= 11 is 0. The Morgan fingerprint density at radius 3 is 2.85 bits per heavy atom. The van der Waals surface area contributed by atoms with E-state index < -0.39 is 0 Å². The highest BCUT2D eigenvalue weighted by molar-refractivity contribution is 5.55. The van der Waals surface area contributed by atoms with Gasteiger partial charge in [-0.05, 0) is 73.5 Å². The minimum Gasteiger partial charge on any atom is -0.492 e. The lowest BCUT2D eigenvalue weighted by Gasteiger charge is -2.35. The first kappa shape index (κ1) is 17.1. The van der Waals surface area contributed by atoms with Gasteiger partial charge in [0.05, 0.1) is 6.61 Å². The maximum absolute atomic E-state index is 11.3. The number of rotatable bonds is 3. The minimum atomic E-state index is -0.121. The Morgan fingerprint density at radius 1 is 1.23 bits per heavy atom. The Labute approximate surface area is 154 Å². The molecule has 26 heavy (non-hydrogen) atoms. The average Bonchev–Trinajstić information content (AvgIpc) is 2.65. The molecule has 0 aliphatic carbocycles. The Balaban J connectivity index is 1.65. The molecule has 2 aliphatic heterocycles. The summed E-state index contributed by atoms with van der Waals surface area (Å²) in [4.78, 5) is 11.3. The van der Waals surface area contributed by atoms with Crippen LogP contribution >= 0.6 is 0 Å². The molecule has 2 aliphatic rings. The van der Waals surface area contributed by atoms with Crippen molar-refractivity contribution >= 4 is 5.69 Å². The summed E-state index contributed by atoms with van der Waals surface area (Å²) in [5, 5.41) is 3.27. The van der Waals surface area contributed by atoms with Crippen molar-refractivity contribution in [2.75, 3.05) is 6.61 Å². The third-order valence-corrected chi connectivity index (χ3v) is 5.60. The van der Waals surface area contributed by atoms with Crippen LogP contribution in [0.1, 0.15) is 55.4 Å². The monoisotopic (exact) mass is 351 g/mol.